The molecule has 3 aromatic heterocycles. The van der Waals surface area contributed by atoms with Crippen LogP contribution in [0.1, 0.15) is 10.5 Å². The number of aromatic nitrogens is 4. The van der Waals surface area contributed by atoms with E-state index in [0.717, 1.165) is 34.6 Å². The van der Waals surface area contributed by atoms with Gasteiger partial charge in [0.15, 0.2) is 16.1 Å². The topological polar surface area (TPSA) is 99.2 Å². The Labute approximate surface area is 209 Å². The molecule has 34 heavy (non-hydrogen) atoms. The first-order chi connectivity index (χ1) is 16.0. The number of amides is 1. The van der Waals surface area contributed by atoms with E-state index in [2.05, 4.69) is 30.6 Å². The van der Waals surface area contributed by atoms with Gasteiger partial charge in [0.05, 0.1) is 16.4 Å². The molecule has 0 atom stereocenters. The molecule has 0 unspecified atom stereocenters. The molecule has 2 N–H and O–H groups in total. The van der Waals surface area contributed by atoms with E-state index in [0.29, 0.717) is 29.5 Å². The highest BCUT2D eigenvalue weighted by atomic mass is 35.5. The van der Waals surface area contributed by atoms with Crippen molar-refractivity contribution in [1.82, 2.24) is 30.2 Å². The van der Waals surface area contributed by atoms with Gasteiger partial charge in [-0.25, -0.2) is 24.3 Å². The first kappa shape index (κ1) is 24.2. The third-order valence-corrected chi connectivity index (χ3v) is 7.07. The van der Waals surface area contributed by atoms with E-state index < -0.39 is 5.82 Å². The third-order valence-electron chi connectivity index (χ3n) is 5.12. The smallest absolute Gasteiger partial charge is 0.273 e. The van der Waals surface area contributed by atoms with E-state index in [1.54, 1.807) is 16.3 Å². The predicted molar refractivity (Wildman–Crippen MR) is 136 cm³/mol. The number of thiazole rings is 2. The molecule has 0 bridgehead atoms. The number of halogens is 2. The van der Waals surface area contributed by atoms with Crippen LogP contribution < -0.4 is 15.5 Å². The zero-order chi connectivity index (χ0) is 22.9. The van der Waals surface area contributed by atoms with Gasteiger partial charge < -0.3 is 20.4 Å². The molecule has 0 saturated carbocycles. The van der Waals surface area contributed by atoms with Crippen molar-refractivity contribution in [3.8, 4) is 11.3 Å². The number of rotatable bonds is 5. The molecule has 1 aromatic carbocycles. The minimum absolute atomic E-state index is 0. The number of piperazine rings is 1. The van der Waals surface area contributed by atoms with Crippen molar-refractivity contribution < 1.29 is 9.18 Å². The van der Waals surface area contributed by atoms with Gasteiger partial charge in [-0.2, -0.15) is 0 Å². The molecule has 5 rings (SSSR count). The fourth-order valence-corrected chi connectivity index (χ4v) is 5.04. The van der Waals surface area contributed by atoms with Crippen molar-refractivity contribution >= 4 is 67.4 Å². The highest BCUT2D eigenvalue weighted by molar-refractivity contribution is 7.22. The highest BCUT2D eigenvalue weighted by Crippen LogP contribution is 2.32. The van der Waals surface area contributed by atoms with Gasteiger partial charge in [-0.3, -0.25) is 4.79 Å². The Hall–Kier alpha value is -2.93. The summed E-state index contributed by atoms with van der Waals surface area (Å²) >= 11 is 2.81. The summed E-state index contributed by atoms with van der Waals surface area (Å²) in [6.07, 6.45) is 1.13. The Morgan fingerprint density at radius 2 is 2.00 bits per heavy atom. The van der Waals surface area contributed by atoms with E-state index in [1.807, 2.05) is 31.1 Å². The standard InChI is InChI=1S/C21H21FN8OS2.ClH/c1-29(2)21-26-14-4-3-12(9-16(14)33-21)17-13(22)10-24-19(27-17)28-20-25-15(11-32-20)18(31)30-7-5-23-6-8-30;/h3-4,9-11,23H,5-8H2,1-2H3,(H,24,25,27,28);1H. The maximum absolute atomic E-state index is 14.6. The number of hydrogen-bond acceptors (Lipinski definition) is 10. The van der Waals surface area contributed by atoms with E-state index in [4.69, 9.17) is 0 Å². The second-order valence-corrected chi connectivity index (χ2v) is 9.54. The van der Waals surface area contributed by atoms with Crippen LogP contribution in [-0.4, -0.2) is 71.0 Å². The summed E-state index contributed by atoms with van der Waals surface area (Å²) in [6, 6.07) is 5.53. The number of hydrogen-bond donors (Lipinski definition) is 2. The molecule has 0 radical (unpaired) electrons. The SMILES string of the molecule is CN(C)c1nc2ccc(-c3nc(Nc4nc(C(=O)N5CCNCC5)cs4)ncc3F)cc2s1.Cl. The Morgan fingerprint density at radius 3 is 2.76 bits per heavy atom. The minimum atomic E-state index is -0.522. The molecule has 0 spiro atoms. The fourth-order valence-electron chi connectivity index (χ4n) is 3.44. The molecule has 0 aliphatic carbocycles. The van der Waals surface area contributed by atoms with Crippen molar-refractivity contribution in [2.75, 3.05) is 50.5 Å². The van der Waals surface area contributed by atoms with Gasteiger partial charge in [-0.15, -0.1) is 23.7 Å². The van der Waals surface area contributed by atoms with Gasteiger partial charge in [0.1, 0.15) is 11.4 Å². The molecule has 9 nitrogen and oxygen atoms in total. The number of benzene rings is 1. The summed E-state index contributed by atoms with van der Waals surface area (Å²) in [5.74, 6) is -0.414. The lowest BCUT2D eigenvalue weighted by atomic mass is 10.1. The molecule has 1 amide bonds. The first-order valence-corrected chi connectivity index (χ1v) is 12.0. The van der Waals surface area contributed by atoms with Crippen molar-refractivity contribution in [3.05, 3.63) is 41.3 Å². The summed E-state index contributed by atoms with van der Waals surface area (Å²) in [7, 11) is 3.87. The Kier molecular flexibility index (Phi) is 7.22. The molecule has 4 heterocycles. The Bertz CT molecular complexity index is 1320. The van der Waals surface area contributed by atoms with Crippen molar-refractivity contribution in [3.63, 3.8) is 0 Å². The summed E-state index contributed by atoms with van der Waals surface area (Å²) in [5.41, 5.74) is 2.04. The molecular formula is C21H22ClFN8OS2. The largest absolute Gasteiger partial charge is 0.354 e. The molecule has 4 aromatic rings. The van der Waals surface area contributed by atoms with Crippen LogP contribution in [0.25, 0.3) is 21.5 Å². The molecule has 178 valence electrons. The lowest BCUT2D eigenvalue weighted by Gasteiger charge is -2.26. The third kappa shape index (κ3) is 4.94. The summed E-state index contributed by atoms with van der Waals surface area (Å²) in [5, 5.41) is 9.27. The number of carbonyl (C=O) groups excluding carboxylic acids is 1. The summed E-state index contributed by atoms with van der Waals surface area (Å²) < 4.78 is 15.5. The first-order valence-electron chi connectivity index (χ1n) is 10.3. The maximum atomic E-state index is 14.6. The van der Waals surface area contributed by atoms with Crippen molar-refractivity contribution in [2.45, 2.75) is 0 Å². The zero-order valence-electron chi connectivity index (χ0n) is 18.4. The van der Waals surface area contributed by atoms with Crippen LogP contribution in [0.15, 0.2) is 29.8 Å². The average molecular weight is 521 g/mol. The van der Waals surface area contributed by atoms with Crippen molar-refractivity contribution in [2.24, 2.45) is 0 Å². The van der Waals surface area contributed by atoms with Gasteiger partial charge in [0.25, 0.3) is 5.91 Å². The van der Waals surface area contributed by atoms with Crippen LogP contribution in [0.4, 0.5) is 20.6 Å². The molecule has 1 fully saturated rings. The molecule has 1 saturated heterocycles. The van der Waals surface area contributed by atoms with Crippen LogP contribution in [0.2, 0.25) is 0 Å². The Balaban J connectivity index is 0.00000274. The maximum Gasteiger partial charge on any atom is 0.273 e. The molecule has 1 aliphatic heterocycles. The second kappa shape index (κ2) is 10.1. The van der Waals surface area contributed by atoms with Gasteiger partial charge in [0, 0.05) is 51.2 Å². The van der Waals surface area contributed by atoms with Crippen LogP contribution in [0, 0.1) is 5.82 Å². The number of carbonyl (C=O) groups is 1. The van der Waals surface area contributed by atoms with Crippen LogP contribution in [-0.2, 0) is 0 Å². The molecule has 13 heteroatoms. The van der Waals surface area contributed by atoms with Crippen molar-refractivity contribution in [1.29, 1.82) is 0 Å². The van der Waals surface area contributed by atoms with Gasteiger partial charge in [-0.05, 0) is 12.1 Å². The lowest BCUT2D eigenvalue weighted by molar-refractivity contribution is 0.0731. The number of anilines is 3. The fraction of sp³-hybridized carbons (Fsp3) is 0.286. The second-order valence-electron chi connectivity index (χ2n) is 7.67. The van der Waals surface area contributed by atoms with E-state index in [9.17, 15) is 9.18 Å². The minimum Gasteiger partial charge on any atom is -0.354 e. The van der Waals surface area contributed by atoms with Gasteiger partial charge in [-0.1, -0.05) is 17.4 Å². The van der Waals surface area contributed by atoms with E-state index in [1.165, 1.54) is 22.7 Å². The predicted octanol–water partition coefficient (Wildman–Crippen LogP) is 3.63. The normalized spacial score (nSPS) is 13.6. The monoisotopic (exact) mass is 520 g/mol. The van der Waals surface area contributed by atoms with E-state index >= 15 is 0 Å². The Morgan fingerprint density at radius 1 is 1.21 bits per heavy atom. The van der Waals surface area contributed by atoms with Gasteiger partial charge >= 0.3 is 0 Å². The molecular weight excluding hydrogens is 499 g/mol. The quantitative estimate of drug-likeness (QED) is 0.411. The zero-order valence-corrected chi connectivity index (χ0v) is 20.9. The van der Waals surface area contributed by atoms with Crippen LogP contribution >= 0.6 is 35.1 Å². The molecule has 1 aliphatic rings. The van der Waals surface area contributed by atoms with E-state index in [-0.39, 0.29) is 30.0 Å². The van der Waals surface area contributed by atoms with Crippen LogP contribution in [0.5, 0.6) is 0 Å². The number of fused-ring (bicyclic) bond motifs is 1. The van der Waals surface area contributed by atoms with Crippen LogP contribution in [0.3, 0.4) is 0 Å². The number of nitrogens with zero attached hydrogens (tertiary/aromatic N) is 6. The summed E-state index contributed by atoms with van der Waals surface area (Å²) in [4.78, 5) is 33.7. The van der Waals surface area contributed by atoms with Gasteiger partial charge in [0.2, 0.25) is 5.95 Å². The average Bonchev–Trinajstić information content (AvgIpc) is 3.47. The highest BCUT2D eigenvalue weighted by Gasteiger charge is 2.21. The summed E-state index contributed by atoms with van der Waals surface area (Å²) in [6.45, 7) is 2.86. The lowest BCUT2D eigenvalue weighted by Crippen LogP contribution is -2.46. The number of nitrogens with one attached hydrogen (secondary N) is 2.